The highest BCUT2D eigenvalue weighted by Gasteiger charge is 2.38. The molecule has 0 unspecified atom stereocenters. The van der Waals surface area contributed by atoms with Gasteiger partial charge in [0, 0.05) is 11.4 Å². The Morgan fingerprint density at radius 2 is 1.42 bits per heavy atom. The monoisotopic (exact) mass is 433 g/mol. The molecule has 3 N–H and O–H groups in total. The Bertz CT molecular complexity index is 1240. The molecule has 0 aliphatic carbocycles. The van der Waals surface area contributed by atoms with Gasteiger partial charge in [0.15, 0.2) is 11.6 Å². The number of nitrogens with one attached hydrogen (secondary N) is 3. The number of anilines is 5. The molecule has 2 aromatic carbocycles. The zero-order valence-corrected chi connectivity index (χ0v) is 15.2. The van der Waals surface area contributed by atoms with Gasteiger partial charge in [-0.3, -0.25) is 4.79 Å². The number of amides is 1. The highest BCUT2D eigenvalue weighted by Crippen LogP contribution is 2.28. The third-order valence-corrected chi connectivity index (χ3v) is 3.90. The summed E-state index contributed by atoms with van der Waals surface area (Å²) in [7, 11) is 0. The summed E-state index contributed by atoms with van der Waals surface area (Å²) >= 11 is 0. The van der Waals surface area contributed by atoms with E-state index in [0.717, 1.165) is 0 Å². The van der Waals surface area contributed by atoms with E-state index in [2.05, 4.69) is 35.5 Å². The predicted molar refractivity (Wildman–Crippen MR) is 101 cm³/mol. The maximum Gasteiger partial charge on any atom is 0.471 e. The summed E-state index contributed by atoms with van der Waals surface area (Å²) in [5.41, 5.74) is 0.623. The Kier molecular flexibility index (Phi) is 5.07. The van der Waals surface area contributed by atoms with E-state index in [-0.39, 0.29) is 34.3 Å². The Morgan fingerprint density at radius 3 is 2.03 bits per heavy atom. The largest absolute Gasteiger partial charge is 0.471 e. The predicted octanol–water partition coefficient (Wildman–Crippen LogP) is 4.14. The van der Waals surface area contributed by atoms with Crippen LogP contribution < -0.4 is 16.0 Å². The number of aromatic nitrogens is 4. The van der Waals surface area contributed by atoms with Crippen LogP contribution >= 0.6 is 0 Å². The zero-order chi connectivity index (χ0) is 22.0. The molecule has 1 amide bonds. The average molecular weight is 433 g/mol. The summed E-state index contributed by atoms with van der Waals surface area (Å²) < 4.78 is 55.7. The van der Waals surface area contributed by atoms with E-state index in [1.807, 2.05) is 0 Å². The van der Waals surface area contributed by atoms with Gasteiger partial charge in [-0.25, -0.2) is 19.0 Å². The first-order chi connectivity index (χ1) is 14.8. The zero-order valence-electron chi connectivity index (χ0n) is 15.2. The van der Waals surface area contributed by atoms with Gasteiger partial charge in [0.25, 0.3) is 0 Å². The van der Waals surface area contributed by atoms with Gasteiger partial charge >= 0.3 is 12.1 Å². The van der Waals surface area contributed by atoms with Crippen LogP contribution in [0, 0.1) is 5.82 Å². The van der Waals surface area contributed by atoms with Crippen LogP contribution in [-0.4, -0.2) is 32.4 Å². The van der Waals surface area contributed by atoms with Crippen LogP contribution in [0.3, 0.4) is 0 Å². The SMILES string of the molecule is O=C(Nc1ccc(Nc2nc3nonc3nc2Nc2ccccc2F)cc1)C(F)(F)F. The average Bonchev–Trinajstić information content (AvgIpc) is 3.18. The van der Waals surface area contributed by atoms with Gasteiger partial charge in [-0.2, -0.15) is 13.2 Å². The number of nitrogens with zero attached hydrogens (tertiary/aromatic N) is 4. The summed E-state index contributed by atoms with van der Waals surface area (Å²) in [6.07, 6.45) is -5.00. The minimum atomic E-state index is -5.00. The highest BCUT2D eigenvalue weighted by molar-refractivity contribution is 5.95. The number of carbonyl (C=O) groups is 1. The lowest BCUT2D eigenvalue weighted by Gasteiger charge is -2.13. The standard InChI is InChI=1S/C18H11F4N7O2/c19-11-3-1-2-4-12(11)25-14-13(26-15-16(27-14)29-31-28-15)23-9-5-7-10(8-6-9)24-17(30)18(20,21)22/h1-8H,(H,24,30)(H,23,26,28)(H,25,27,29). The van der Waals surface area contributed by atoms with E-state index >= 15 is 0 Å². The number of benzene rings is 2. The van der Waals surface area contributed by atoms with Crippen molar-refractivity contribution in [2.24, 2.45) is 0 Å². The normalized spacial score (nSPS) is 11.4. The molecule has 0 bridgehead atoms. The molecular weight excluding hydrogens is 422 g/mol. The lowest BCUT2D eigenvalue weighted by atomic mass is 10.2. The Hall–Kier alpha value is -4.29. The molecule has 0 saturated carbocycles. The van der Waals surface area contributed by atoms with E-state index in [1.165, 1.54) is 42.5 Å². The molecule has 158 valence electrons. The molecule has 31 heavy (non-hydrogen) atoms. The van der Waals surface area contributed by atoms with Gasteiger partial charge in [-0.15, -0.1) is 0 Å². The molecular formula is C18H11F4N7O2. The molecule has 2 heterocycles. The second-order valence-electron chi connectivity index (χ2n) is 6.09. The topological polar surface area (TPSA) is 118 Å². The van der Waals surface area contributed by atoms with Crippen LogP contribution in [-0.2, 0) is 4.79 Å². The number of hydrogen-bond donors (Lipinski definition) is 3. The van der Waals surface area contributed by atoms with Crippen LogP contribution in [0.2, 0.25) is 0 Å². The summed E-state index contributed by atoms with van der Waals surface area (Å²) in [4.78, 5) is 19.4. The van der Waals surface area contributed by atoms with Crippen molar-refractivity contribution in [2.45, 2.75) is 6.18 Å². The third kappa shape index (κ3) is 4.49. The van der Waals surface area contributed by atoms with Crippen LogP contribution in [0.5, 0.6) is 0 Å². The van der Waals surface area contributed by atoms with Crippen LogP contribution in [0.1, 0.15) is 0 Å². The van der Waals surface area contributed by atoms with E-state index in [4.69, 9.17) is 0 Å². The van der Waals surface area contributed by atoms with Crippen molar-refractivity contribution in [3.63, 3.8) is 0 Å². The smallest absolute Gasteiger partial charge is 0.337 e. The number of carbonyl (C=O) groups excluding carboxylic acids is 1. The van der Waals surface area contributed by atoms with Crippen molar-refractivity contribution in [3.8, 4) is 0 Å². The molecule has 4 rings (SSSR count). The Morgan fingerprint density at radius 1 is 0.839 bits per heavy atom. The second kappa shape index (κ2) is 7.85. The number of rotatable bonds is 5. The molecule has 2 aromatic heterocycles. The number of hydrogen-bond acceptors (Lipinski definition) is 8. The number of fused-ring (bicyclic) bond motifs is 1. The van der Waals surface area contributed by atoms with Gasteiger partial charge in [-0.1, -0.05) is 12.1 Å². The fourth-order valence-corrected chi connectivity index (χ4v) is 2.48. The van der Waals surface area contributed by atoms with Crippen LogP contribution in [0.4, 0.5) is 46.3 Å². The van der Waals surface area contributed by atoms with E-state index in [1.54, 1.807) is 11.4 Å². The van der Waals surface area contributed by atoms with Crippen molar-refractivity contribution in [2.75, 3.05) is 16.0 Å². The molecule has 0 radical (unpaired) electrons. The van der Waals surface area contributed by atoms with Gasteiger partial charge < -0.3 is 16.0 Å². The number of alkyl halides is 3. The maximum absolute atomic E-state index is 14.0. The molecule has 13 heteroatoms. The number of para-hydroxylation sites is 1. The second-order valence-corrected chi connectivity index (χ2v) is 6.09. The van der Waals surface area contributed by atoms with Gasteiger partial charge in [0.05, 0.1) is 5.69 Å². The highest BCUT2D eigenvalue weighted by atomic mass is 19.4. The van der Waals surface area contributed by atoms with Gasteiger partial charge in [0.2, 0.25) is 11.3 Å². The summed E-state index contributed by atoms with van der Waals surface area (Å²) in [5, 5.41) is 14.6. The minimum absolute atomic E-state index is 0.0557. The first-order valence-electron chi connectivity index (χ1n) is 8.57. The molecule has 9 nitrogen and oxygen atoms in total. The van der Waals surface area contributed by atoms with Crippen LogP contribution in [0.15, 0.2) is 53.2 Å². The molecule has 0 aliphatic heterocycles. The molecule has 0 spiro atoms. The van der Waals surface area contributed by atoms with Crippen molar-refractivity contribution < 1.29 is 27.0 Å². The van der Waals surface area contributed by atoms with E-state index < -0.39 is 17.9 Å². The first kappa shape index (κ1) is 20.0. The first-order valence-corrected chi connectivity index (χ1v) is 8.57. The van der Waals surface area contributed by atoms with E-state index in [0.29, 0.717) is 5.69 Å². The molecule has 0 saturated heterocycles. The summed E-state index contributed by atoms with van der Waals surface area (Å²) in [6.45, 7) is 0. The summed E-state index contributed by atoms with van der Waals surface area (Å²) in [5.74, 6) is -2.39. The maximum atomic E-state index is 14.0. The minimum Gasteiger partial charge on any atom is -0.337 e. The Labute approximate surface area is 170 Å². The van der Waals surface area contributed by atoms with Crippen molar-refractivity contribution in [1.82, 2.24) is 20.3 Å². The third-order valence-electron chi connectivity index (χ3n) is 3.90. The van der Waals surface area contributed by atoms with Crippen molar-refractivity contribution >= 4 is 45.9 Å². The Balaban J connectivity index is 1.60. The van der Waals surface area contributed by atoms with Crippen LogP contribution in [0.25, 0.3) is 11.3 Å². The van der Waals surface area contributed by atoms with Crippen molar-refractivity contribution in [3.05, 3.63) is 54.3 Å². The quantitative estimate of drug-likeness (QED) is 0.402. The summed E-state index contributed by atoms with van der Waals surface area (Å²) in [6, 6.07) is 11.2. The molecule has 0 atom stereocenters. The molecule has 4 aromatic rings. The van der Waals surface area contributed by atoms with Crippen molar-refractivity contribution in [1.29, 1.82) is 0 Å². The lowest BCUT2D eigenvalue weighted by Crippen LogP contribution is -2.29. The van der Waals surface area contributed by atoms with Gasteiger partial charge in [0.1, 0.15) is 5.82 Å². The van der Waals surface area contributed by atoms with E-state index in [9.17, 15) is 22.4 Å². The fourth-order valence-electron chi connectivity index (χ4n) is 2.48. The molecule has 0 aliphatic rings. The molecule has 0 fully saturated rings. The number of halogens is 4. The lowest BCUT2D eigenvalue weighted by molar-refractivity contribution is -0.167. The fraction of sp³-hybridized carbons (Fsp3) is 0.0556. The van der Waals surface area contributed by atoms with Gasteiger partial charge in [-0.05, 0) is 46.7 Å².